The number of ether oxygens (including phenoxy) is 1. The number of aromatic nitrogens is 1. The van der Waals surface area contributed by atoms with E-state index in [4.69, 9.17) is 0 Å². The van der Waals surface area contributed by atoms with E-state index in [2.05, 4.69) is 41.9 Å². The van der Waals surface area contributed by atoms with Crippen molar-refractivity contribution in [3.63, 3.8) is 0 Å². The Morgan fingerprint density at radius 3 is 2.30 bits per heavy atom. The lowest BCUT2D eigenvalue weighted by Crippen LogP contribution is -2.45. The SMILES string of the molecule is Cl.Cl.FC(F)(F)Oc1ccc([C@H](c2c[nH]c3ccc(Br)cc23)N2CCNCC2)cc1. The summed E-state index contributed by atoms with van der Waals surface area (Å²) in [5, 5.41) is 4.44. The summed E-state index contributed by atoms with van der Waals surface area (Å²) < 4.78 is 42.4. The Hall–Kier alpha value is -1.45. The Bertz CT molecular complexity index is 960. The largest absolute Gasteiger partial charge is 0.573 e. The third-order valence-corrected chi connectivity index (χ3v) is 5.41. The van der Waals surface area contributed by atoms with Crippen molar-refractivity contribution in [3.8, 4) is 5.75 Å². The van der Waals surface area contributed by atoms with E-state index in [9.17, 15) is 13.2 Å². The minimum atomic E-state index is -4.69. The van der Waals surface area contributed by atoms with Crippen LogP contribution in [-0.4, -0.2) is 42.4 Å². The summed E-state index contributed by atoms with van der Waals surface area (Å²) in [5.74, 6) is -0.211. The molecule has 0 saturated carbocycles. The Morgan fingerprint density at radius 2 is 1.67 bits per heavy atom. The molecule has 0 unspecified atom stereocenters. The van der Waals surface area contributed by atoms with Crippen LogP contribution in [0.1, 0.15) is 17.2 Å². The molecule has 4 nitrogen and oxygen atoms in total. The number of halogens is 6. The maximum Gasteiger partial charge on any atom is 0.573 e. The molecular weight excluding hydrogens is 506 g/mol. The second-order valence-corrected chi connectivity index (χ2v) is 7.65. The molecule has 30 heavy (non-hydrogen) atoms. The van der Waals surface area contributed by atoms with Gasteiger partial charge in [-0.15, -0.1) is 38.0 Å². The first-order valence-corrected chi connectivity index (χ1v) is 9.77. The van der Waals surface area contributed by atoms with Crippen molar-refractivity contribution in [3.05, 3.63) is 64.3 Å². The maximum absolute atomic E-state index is 12.5. The number of piperazine rings is 1. The maximum atomic E-state index is 12.5. The van der Waals surface area contributed by atoms with Crippen molar-refractivity contribution in [1.29, 1.82) is 0 Å². The first-order valence-electron chi connectivity index (χ1n) is 8.98. The van der Waals surface area contributed by atoms with Gasteiger partial charge >= 0.3 is 6.36 Å². The van der Waals surface area contributed by atoms with Crippen molar-refractivity contribution in [2.24, 2.45) is 0 Å². The van der Waals surface area contributed by atoms with E-state index in [1.807, 2.05) is 18.3 Å². The molecule has 1 fully saturated rings. The van der Waals surface area contributed by atoms with Gasteiger partial charge in [0.2, 0.25) is 0 Å². The van der Waals surface area contributed by atoms with Crippen LogP contribution in [0.15, 0.2) is 53.1 Å². The van der Waals surface area contributed by atoms with Crippen LogP contribution in [0.4, 0.5) is 13.2 Å². The zero-order valence-corrected chi connectivity index (χ0v) is 18.9. The number of hydrogen-bond donors (Lipinski definition) is 2. The molecule has 1 atom stereocenters. The summed E-state index contributed by atoms with van der Waals surface area (Å²) in [6.07, 6.45) is -2.70. The highest BCUT2D eigenvalue weighted by molar-refractivity contribution is 9.10. The second kappa shape index (κ2) is 10.2. The molecule has 164 valence electrons. The molecule has 0 spiro atoms. The van der Waals surface area contributed by atoms with Gasteiger partial charge in [-0.05, 0) is 41.5 Å². The van der Waals surface area contributed by atoms with Gasteiger partial charge in [0.15, 0.2) is 0 Å². The predicted molar refractivity (Wildman–Crippen MR) is 120 cm³/mol. The lowest BCUT2D eigenvalue weighted by molar-refractivity contribution is -0.274. The van der Waals surface area contributed by atoms with Crippen LogP contribution in [0, 0.1) is 0 Å². The van der Waals surface area contributed by atoms with E-state index < -0.39 is 6.36 Å². The highest BCUT2D eigenvalue weighted by Gasteiger charge is 2.31. The van der Waals surface area contributed by atoms with Gasteiger partial charge in [-0.3, -0.25) is 4.90 Å². The van der Waals surface area contributed by atoms with E-state index in [1.165, 1.54) is 12.1 Å². The number of hydrogen-bond acceptors (Lipinski definition) is 3. The van der Waals surface area contributed by atoms with E-state index in [-0.39, 0.29) is 36.6 Å². The fourth-order valence-corrected chi connectivity index (χ4v) is 4.08. The quantitative estimate of drug-likeness (QED) is 0.460. The summed E-state index contributed by atoms with van der Waals surface area (Å²) in [5.41, 5.74) is 3.05. The van der Waals surface area contributed by atoms with Crippen LogP contribution in [0.25, 0.3) is 10.9 Å². The van der Waals surface area contributed by atoms with Crippen molar-refractivity contribution < 1.29 is 17.9 Å². The summed E-state index contributed by atoms with van der Waals surface area (Å²) in [4.78, 5) is 5.66. The van der Waals surface area contributed by atoms with Crippen LogP contribution in [0.2, 0.25) is 0 Å². The fraction of sp³-hybridized carbons (Fsp3) is 0.300. The topological polar surface area (TPSA) is 40.3 Å². The van der Waals surface area contributed by atoms with Crippen LogP contribution in [0.3, 0.4) is 0 Å². The molecule has 2 heterocycles. The molecule has 0 aliphatic carbocycles. The van der Waals surface area contributed by atoms with Crippen LogP contribution in [-0.2, 0) is 0 Å². The van der Waals surface area contributed by atoms with E-state index in [0.717, 1.165) is 52.7 Å². The molecule has 2 aromatic carbocycles. The molecule has 0 bridgehead atoms. The number of benzene rings is 2. The highest BCUT2D eigenvalue weighted by Crippen LogP contribution is 2.36. The van der Waals surface area contributed by atoms with Crippen molar-refractivity contribution in [2.75, 3.05) is 26.2 Å². The van der Waals surface area contributed by atoms with Gasteiger partial charge in [-0.25, -0.2) is 0 Å². The van der Waals surface area contributed by atoms with E-state index in [1.54, 1.807) is 12.1 Å². The van der Waals surface area contributed by atoms with Gasteiger partial charge in [-0.2, -0.15) is 0 Å². The zero-order valence-electron chi connectivity index (χ0n) is 15.7. The number of aromatic amines is 1. The zero-order chi connectivity index (χ0) is 19.7. The van der Waals surface area contributed by atoms with E-state index >= 15 is 0 Å². The molecule has 0 amide bonds. The average Bonchev–Trinajstić information content (AvgIpc) is 3.06. The predicted octanol–water partition coefficient (Wildman–Crippen LogP) is 5.67. The molecule has 1 aliphatic heterocycles. The van der Waals surface area contributed by atoms with Crippen LogP contribution >= 0.6 is 40.7 Å². The molecule has 1 aliphatic rings. The number of nitrogens with zero attached hydrogens (tertiary/aromatic N) is 1. The molecule has 4 rings (SSSR count). The first kappa shape index (κ1) is 24.8. The minimum Gasteiger partial charge on any atom is -0.406 e. The number of fused-ring (bicyclic) bond motifs is 1. The smallest absolute Gasteiger partial charge is 0.406 e. The lowest BCUT2D eigenvalue weighted by Gasteiger charge is -2.35. The Balaban J connectivity index is 0.00000160. The number of H-pyrrole nitrogens is 1. The van der Waals surface area contributed by atoms with Crippen LogP contribution in [0.5, 0.6) is 5.75 Å². The van der Waals surface area contributed by atoms with E-state index in [0.29, 0.717) is 0 Å². The van der Waals surface area contributed by atoms with Gasteiger partial charge in [0, 0.05) is 47.8 Å². The standard InChI is InChI=1S/C20H19BrF3N3O.2ClH/c21-14-3-6-18-16(11-14)17(12-26-18)19(27-9-7-25-8-10-27)13-1-4-15(5-2-13)28-20(22,23)24;;/h1-6,11-12,19,25-26H,7-10H2;2*1H/t19-;;/m1../s1. The number of alkyl halides is 3. The molecule has 0 radical (unpaired) electrons. The molecule has 1 saturated heterocycles. The number of nitrogens with one attached hydrogen (secondary N) is 2. The van der Waals surface area contributed by atoms with Crippen molar-refractivity contribution in [2.45, 2.75) is 12.4 Å². The van der Waals surface area contributed by atoms with Gasteiger partial charge in [0.1, 0.15) is 5.75 Å². The minimum absolute atomic E-state index is 0. The average molecular weight is 527 g/mol. The summed E-state index contributed by atoms with van der Waals surface area (Å²) in [7, 11) is 0. The fourth-order valence-electron chi connectivity index (χ4n) is 3.72. The van der Waals surface area contributed by atoms with Gasteiger partial charge in [-0.1, -0.05) is 28.1 Å². The Labute approximate surface area is 193 Å². The highest BCUT2D eigenvalue weighted by atomic mass is 79.9. The summed E-state index contributed by atoms with van der Waals surface area (Å²) >= 11 is 3.53. The second-order valence-electron chi connectivity index (χ2n) is 6.74. The molecule has 1 aromatic heterocycles. The first-order chi connectivity index (χ1) is 13.4. The third-order valence-electron chi connectivity index (χ3n) is 4.92. The monoisotopic (exact) mass is 525 g/mol. The summed E-state index contributed by atoms with van der Waals surface area (Å²) in [6.45, 7) is 3.45. The Kier molecular flexibility index (Phi) is 8.47. The van der Waals surface area contributed by atoms with Crippen molar-refractivity contribution >= 4 is 51.6 Å². The Morgan fingerprint density at radius 1 is 1.00 bits per heavy atom. The molecular formula is C20H21BrCl2F3N3O. The van der Waals surface area contributed by atoms with Crippen molar-refractivity contribution in [1.82, 2.24) is 15.2 Å². The van der Waals surface area contributed by atoms with Crippen LogP contribution < -0.4 is 10.1 Å². The van der Waals surface area contributed by atoms with Gasteiger partial charge in [0.25, 0.3) is 0 Å². The molecule has 2 N–H and O–H groups in total. The normalized spacial score (nSPS) is 15.9. The van der Waals surface area contributed by atoms with Gasteiger partial charge in [0.05, 0.1) is 6.04 Å². The lowest BCUT2D eigenvalue weighted by atomic mass is 9.96. The molecule has 10 heteroatoms. The van der Waals surface area contributed by atoms with Gasteiger partial charge < -0.3 is 15.0 Å². The third kappa shape index (κ3) is 5.62. The summed E-state index contributed by atoms with van der Waals surface area (Å²) in [6, 6.07) is 12.2. The number of rotatable bonds is 4. The molecule has 3 aromatic rings.